The van der Waals surface area contributed by atoms with Crippen molar-refractivity contribution in [2.45, 2.75) is 111 Å². The van der Waals surface area contributed by atoms with Crippen LogP contribution in [-0.4, -0.2) is 100 Å². The van der Waals surface area contributed by atoms with Gasteiger partial charge in [0.15, 0.2) is 11.6 Å². The summed E-state index contributed by atoms with van der Waals surface area (Å²) in [5.41, 5.74) is 2.02. The summed E-state index contributed by atoms with van der Waals surface area (Å²) in [6.07, 6.45) is 15.5. The molecular formula is C38H42N4O10S2. The molecule has 14 nitrogen and oxygen atoms in total. The van der Waals surface area contributed by atoms with Crippen molar-refractivity contribution >= 4 is 70.7 Å². The number of allylic oxidation sites excluding steroid dienone is 8. The average Bonchev–Trinajstić information content (AvgIpc) is 3.14. The molecule has 6 aliphatic rings. The van der Waals surface area contributed by atoms with E-state index in [0.717, 1.165) is 70.2 Å². The fraction of sp³-hybridized carbons (Fsp3) is 0.474. The first kappa shape index (κ1) is 39.0. The van der Waals surface area contributed by atoms with Crippen molar-refractivity contribution in [3.05, 3.63) is 70.1 Å². The van der Waals surface area contributed by atoms with Crippen molar-refractivity contribution < 1.29 is 48.6 Å². The van der Waals surface area contributed by atoms with Crippen LogP contribution in [0.25, 0.3) is 0 Å². The summed E-state index contributed by atoms with van der Waals surface area (Å²) in [6.45, 7) is 3.09. The summed E-state index contributed by atoms with van der Waals surface area (Å²) in [4.78, 5) is 105. The number of hydrogen-bond donors (Lipinski definition) is 4. The van der Waals surface area contributed by atoms with Crippen molar-refractivity contribution in [1.82, 2.24) is 20.4 Å². The van der Waals surface area contributed by atoms with E-state index < -0.39 is 68.9 Å². The number of carbonyl (C=O) groups is 8. The fourth-order valence-electron chi connectivity index (χ4n) is 7.53. The molecule has 0 aromatic carbocycles. The largest absolute Gasteiger partial charge is 0.477 e. The topological polar surface area (TPSA) is 208 Å². The van der Waals surface area contributed by atoms with E-state index in [0.29, 0.717) is 11.1 Å². The van der Waals surface area contributed by atoms with Crippen molar-refractivity contribution in [3.8, 4) is 0 Å². The van der Waals surface area contributed by atoms with Crippen LogP contribution in [0.4, 0.5) is 0 Å². The zero-order valence-corrected chi connectivity index (χ0v) is 31.5. The van der Waals surface area contributed by atoms with E-state index in [9.17, 15) is 48.6 Å². The number of nitrogens with zero attached hydrogens (tertiary/aromatic N) is 2. The predicted molar refractivity (Wildman–Crippen MR) is 199 cm³/mol. The first-order chi connectivity index (χ1) is 25.8. The van der Waals surface area contributed by atoms with E-state index in [2.05, 4.69) is 10.6 Å². The SMILES string of the molecule is CC1=C(C(=O)O)N2C(=O)[C@@H](NC(=O)CCCCC(=O)N[C@@H]3C(=O)N4C(C(=O)O)=C(C)[C@H](C(=O)CC5=CC=CCC5)S[C@H]34)[C@H]2S[C@@H]1C(=O)CC1=CC=CCC1. The van der Waals surface area contributed by atoms with Crippen LogP contribution in [0.5, 0.6) is 0 Å². The molecule has 0 radical (unpaired) electrons. The van der Waals surface area contributed by atoms with Gasteiger partial charge in [0.05, 0.1) is 10.5 Å². The van der Waals surface area contributed by atoms with E-state index in [1.807, 2.05) is 36.5 Å². The minimum Gasteiger partial charge on any atom is -0.477 e. The highest BCUT2D eigenvalue weighted by atomic mass is 32.2. The van der Waals surface area contributed by atoms with Crippen LogP contribution in [0.2, 0.25) is 0 Å². The number of ketones is 2. The molecule has 4 heterocycles. The monoisotopic (exact) mass is 778 g/mol. The maximum absolute atomic E-state index is 13.3. The Kier molecular flexibility index (Phi) is 11.8. The molecule has 54 heavy (non-hydrogen) atoms. The number of carbonyl (C=O) groups excluding carboxylic acids is 6. The van der Waals surface area contributed by atoms with Gasteiger partial charge in [-0.05, 0) is 63.5 Å². The van der Waals surface area contributed by atoms with Crippen molar-refractivity contribution in [1.29, 1.82) is 0 Å². The number of fused-ring (bicyclic) bond motifs is 2. The van der Waals surface area contributed by atoms with Gasteiger partial charge >= 0.3 is 11.9 Å². The van der Waals surface area contributed by atoms with Crippen LogP contribution in [0.15, 0.2) is 70.1 Å². The second kappa shape index (κ2) is 16.3. The number of β-lactam (4-membered cyclic amide) rings is 2. The van der Waals surface area contributed by atoms with Gasteiger partial charge in [-0.25, -0.2) is 9.59 Å². The quantitative estimate of drug-likeness (QED) is 0.140. The van der Waals surface area contributed by atoms with Crippen LogP contribution < -0.4 is 10.6 Å². The van der Waals surface area contributed by atoms with Gasteiger partial charge in [-0.2, -0.15) is 0 Å². The summed E-state index contributed by atoms with van der Waals surface area (Å²) >= 11 is 2.31. The lowest BCUT2D eigenvalue weighted by Gasteiger charge is -2.51. The molecule has 6 rings (SSSR count). The predicted octanol–water partition coefficient (Wildman–Crippen LogP) is 3.27. The lowest BCUT2D eigenvalue weighted by molar-refractivity contribution is -0.151. The van der Waals surface area contributed by atoms with Gasteiger partial charge in [0.25, 0.3) is 11.8 Å². The number of Topliss-reactive ketones (excluding diaryl/α,β-unsaturated/α-hetero) is 2. The molecular weight excluding hydrogens is 737 g/mol. The molecule has 4 amide bonds. The number of unbranched alkanes of at least 4 members (excludes halogenated alkanes) is 1. The highest BCUT2D eigenvalue weighted by Crippen LogP contribution is 2.46. The lowest BCUT2D eigenvalue weighted by atomic mass is 9.95. The lowest BCUT2D eigenvalue weighted by Crippen LogP contribution is -2.71. The number of hydrogen-bond acceptors (Lipinski definition) is 10. The molecule has 16 heteroatoms. The van der Waals surface area contributed by atoms with Crippen molar-refractivity contribution in [2.24, 2.45) is 0 Å². The Morgan fingerprint density at radius 3 is 1.41 bits per heavy atom. The molecule has 2 aliphatic carbocycles. The summed E-state index contributed by atoms with van der Waals surface area (Å²) in [5.74, 6) is -5.06. The Morgan fingerprint density at radius 2 is 1.07 bits per heavy atom. The Morgan fingerprint density at radius 1 is 0.685 bits per heavy atom. The molecule has 4 N–H and O–H groups in total. The van der Waals surface area contributed by atoms with Gasteiger partial charge in [-0.1, -0.05) is 47.6 Å². The van der Waals surface area contributed by atoms with Gasteiger partial charge in [0.1, 0.15) is 34.2 Å². The third kappa shape index (κ3) is 7.76. The Labute approximate surface area is 320 Å². The third-order valence-corrected chi connectivity index (χ3v) is 13.6. The second-order valence-electron chi connectivity index (χ2n) is 14.1. The van der Waals surface area contributed by atoms with Crippen LogP contribution in [0, 0.1) is 0 Å². The number of carboxylic acid groups (broad SMARTS) is 2. The number of nitrogens with one attached hydrogen (secondary N) is 2. The molecule has 0 unspecified atom stereocenters. The Bertz CT molecular complexity index is 1760. The maximum atomic E-state index is 13.3. The Balaban J connectivity index is 0.985. The molecule has 0 bridgehead atoms. The fourth-order valence-corrected chi connectivity index (χ4v) is 10.5. The number of carboxylic acids is 2. The number of thioether (sulfide) groups is 2. The molecule has 0 saturated carbocycles. The van der Waals surface area contributed by atoms with E-state index in [4.69, 9.17) is 0 Å². The minimum absolute atomic E-state index is 0.0319. The first-order valence-corrected chi connectivity index (χ1v) is 19.9. The van der Waals surface area contributed by atoms with E-state index in [1.54, 1.807) is 13.8 Å². The zero-order valence-electron chi connectivity index (χ0n) is 29.9. The molecule has 6 atom stereocenters. The number of aliphatic carboxylic acids is 2. The molecule has 0 aromatic heterocycles. The summed E-state index contributed by atoms with van der Waals surface area (Å²) < 4.78 is 0. The highest BCUT2D eigenvalue weighted by molar-refractivity contribution is 8.01. The van der Waals surface area contributed by atoms with Gasteiger partial charge in [0.2, 0.25) is 11.8 Å². The summed E-state index contributed by atoms with van der Waals surface area (Å²) in [5, 5.41) is 22.1. The molecule has 0 spiro atoms. The molecule has 2 fully saturated rings. The standard InChI is InChI=1S/C38H42N4O10S2/c1-19-29(37(49)50)41-33(47)27(35(41)53-31(19)23(43)17-21-11-5-3-6-12-21)39-25(45)15-9-10-16-26(46)40-28-34(48)42-30(38(51)52)20(2)32(54-36(28)42)24(44)18-22-13-7-4-8-14-22/h3-5,7,11,13,27-28,31-32,35-36H,6,8-10,12,14-18H2,1-2H3,(H,39,45)(H,40,46)(H,49,50)(H,51,52)/t27-,28-,31-,32+,35-,36-/m1/s1. The van der Waals surface area contributed by atoms with Crippen LogP contribution >= 0.6 is 23.5 Å². The normalized spacial score (nSPS) is 27.2. The van der Waals surface area contributed by atoms with E-state index in [1.165, 1.54) is 0 Å². The number of amides is 4. The summed E-state index contributed by atoms with van der Waals surface area (Å²) in [6, 6.07) is -2.03. The second-order valence-corrected chi connectivity index (χ2v) is 16.5. The van der Waals surface area contributed by atoms with Gasteiger partial charge < -0.3 is 20.8 Å². The molecule has 0 aromatic rings. The maximum Gasteiger partial charge on any atom is 0.352 e. The van der Waals surface area contributed by atoms with E-state index in [-0.39, 0.29) is 61.5 Å². The van der Waals surface area contributed by atoms with Crippen molar-refractivity contribution in [2.75, 3.05) is 0 Å². The summed E-state index contributed by atoms with van der Waals surface area (Å²) in [7, 11) is 0. The molecule has 4 aliphatic heterocycles. The molecule has 2 saturated heterocycles. The zero-order chi connectivity index (χ0) is 38.8. The molecule has 286 valence electrons. The minimum atomic E-state index is -1.32. The van der Waals surface area contributed by atoms with E-state index >= 15 is 0 Å². The Hall–Kier alpha value is -4.70. The van der Waals surface area contributed by atoms with Gasteiger partial charge in [-0.15, -0.1) is 23.5 Å². The smallest absolute Gasteiger partial charge is 0.352 e. The third-order valence-electron chi connectivity index (χ3n) is 10.3. The average molecular weight is 779 g/mol. The van der Waals surface area contributed by atoms with Crippen LogP contribution in [0.3, 0.4) is 0 Å². The van der Waals surface area contributed by atoms with Gasteiger partial charge in [0, 0.05) is 25.7 Å². The van der Waals surface area contributed by atoms with Crippen molar-refractivity contribution in [3.63, 3.8) is 0 Å². The van der Waals surface area contributed by atoms with Crippen LogP contribution in [0.1, 0.15) is 78.1 Å². The number of rotatable bonds is 15. The highest BCUT2D eigenvalue weighted by Gasteiger charge is 2.58. The van der Waals surface area contributed by atoms with Crippen LogP contribution in [-0.2, 0) is 38.4 Å². The first-order valence-electron chi connectivity index (χ1n) is 18.0. The van der Waals surface area contributed by atoms with Gasteiger partial charge in [-0.3, -0.25) is 38.6 Å².